The van der Waals surface area contributed by atoms with Gasteiger partial charge in [0.1, 0.15) is 0 Å². The molecule has 1 aliphatic carbocycles. The lowest BCUT2D eigenvalue weighted by Crippen LogP contribution is -2.41. The Morgan fingerprint density at radius 2 is 2.33 bits per heavy atom. The van der Waals surface area contributed by atoms with Crippen LogP contribution in [0.3, 0.4) is 0 Å². The van der Waals surface area contributed by atoms with Crippen molar-refractivity contribution in [2.24, 2.45) is 5.92 Å². The van der Waals surface area contributed by atoms with E-state index in [0.29, 0.717) is 17.2 Å². The lowest BCUT2D eigenvalue weighted by molar-refractivity contribution is -0.124. The van der Waals surface area contributed by atoms with Gasteiger partial charge in [-0.25, -0.2) is 0 Å². The minimum Gasteiger partial charge on any atom is -0.352 e. The molecule has 1 saturated carbocycles. The molecule has 0 aliphatic heterocycles. The van der Waals surface area contributed by atoms with E-state index in [4.69, 9.17) is 11.6 Å². The Hall–Kier alpha value is 0.110. The Labute approximate surface area is 102 Å². The molecule has 0 heterocycles. The molecule has 0 aromatic rings. The second kappa shape index (κ2) is 6.64. The number of alkyl halides is 1. The molecule has 3 atom stereocenters. The van der Waals surface area contributed by atoms with Crippen LogP contribution in [-0.4, -0.2) is 28.8 Å². The number of hydrogen-bond donors (Lipinski definition) is 1. The van der Waals surface area contributed by atoms with Crippen molar-refractivity contribution in [2.45, 2.75) is 44.4 Å². The van der Waals surface area contributed by atoms with Crippen LogP contribution in [0.1, 0.15) is 33.1 Å². The Bertz CT molecular complexity index is 213. The number of thioether (sulfide) groups is 1. The summed E-state index contributed by atoms with van der Waals surface area (Å²) < 4.78 is 0. The Kier molecular flexibility index (Phi) is 5.83. The van der Waals surface area contributed by atoms with E-state index in [1.54, 1.807) is 0 Å². The molecule has 0 radical (unpaired) electrons. The number of amides is 1. The van der Waals surface area contributed by atoms with Crippen LogP contribution in [0.25, 0.3) is 0 Å². The van der Waals surface area contributed by atoms with Crippen molar-refractivity contribution in [3.8, 4) is 0 Å². The average Bonchev–Trinajstić information content (AvgIpc) is 2.65. The van der Waals surface area contributed by atoms with Gasteiger partial charge in [0.25, 0.3) is 0 Å². The minimum atomic E-state index is -0.0699. The van der Waals surface area contributed by atoms with Crippen molar-refractivity contribution in [1.29, 1.82) is 0 Å². The van der Waals surface area contributed by atoms with Crippen LogP contribution in [0.5, 0.6) is 0 Å². The third-order valence-electron chi connectivity index (χ3n) is 2.84. The molecule has 0 spiro atoms. The summed E-state index contributed by atoms with van der Waals surface area (Å²) in [6.07, 6.45) is 3.59. The smallest absolute Gasteiger partial charge is 0.224 e. The number of carbonyl (C=O) groups is 1. The highest BCUT2D eigenvalue weighted by atomic mass is 35.5. The number of hydrogen-bond acceptors (Lipinski definition) is 2. The maximum absolute atomic E-state index is 11.7. The predicted molar refractivity (Wildman–Crippen MR) is 67.6 cm³/mol. The van der Waals surface area contributed by atoms with Crippen LogP contribution >= 0.6 is 23.4 Å². The second-order valence-corrected chi connectivity index (χ2v) is 5.92. The van der Waals surface area contributed by atoms with Gasteiger partial charge >= 0.3 is 0 Å². The predicted octanol–water partition coefficient (Wildman–Crippen LogP) is 2.65. The van der Waals surface area contributed by atoms with Crippen molar-refractivity contribution >= 4 is 29.3 Å². The van der Waals surface area contributed by atoms with E-state index < -0.39 is 0 Å². The molecule has 1 amide bonds. The second-order valence-electron chi connectivity index (χ2n) is 4.10. The molecule has 1 N–H and O–H groups in total. The van der Waals surface area contributed by atoms with Gasteiger partial charge in [-0.1, -0.05) is 20.3 Å². The number of nitrogens with one attached hydrogen (secondary N) is 1. The summed E-state index contributed by atoms with van der Waals surface area (Å²) in [5.41, 5.74) is 0. The van der Waals surface area contributed by atoms with E-state index >= 15 is 0 Å². The lowest BCUT2D eigenvalue weighted by atomic mass is 10.1. The van der Waals surface area contributed by atoms with Crippen LogP contribution in [0, 0.1) is 5.92 Å². The zero-order valence-corrected chi connectivity index (χ0v) is 11.0. The van der Waals surface area contributed by atoms with Gasteiger partial charge in [-0.3, -0.25) is 4.79 Å². The van der Waals surface area contributed by atoms with Crippen LogP contribution in [-0.2, 0) is 4.79 Å². The topological polar surface area (TPSA) is 29.1 Å². The molecule has 0 aromatic heterocycles. The van der Waals surface area contributed by atoms with Gasteiger partial charge in [0, 0.05) is 23.1 Å². The van der Waals surface area contributed by atoms with E-state index in [-0.39, 0.29) is 11.8 Å². The molecule has 4 heteroatoms. The van der Waals surface area contributed by atoms with E-state index in [0.717, 1.165) is 12.2 Å². The monoisotopic (exact) mass is 249 g/mol. The molecule has 0 bridgehead atoms. The highest BCUT2D eigenvalue weighted by molar-refractivity contribution is 7.99. The first-order valence-electron chi connectivity index (χ1n) is 5.67. The Balaban J connectivity index is 2.39. The number of halogens is 1. The first-order valence-corrected chi connectivity index (χ1v) is 7.25. The summed E-state index contributed by atoms with van der Waals surface area (Å²) in [6, 6.07) is 0.369. The summed E-state index contributed by atoms with van der Waals surface area (Å²) in [6.45, 7) is 4.04. The number of carbonyl (C=O) groups excluding carboxylic acids is 1. The highest BCUT2D eigenvalue weighted by Crippen LogP contribution is 2.29. The molecule has 88 valence electrons. The third-order valence-corrected chi connectivity index (χ3v) is 4.63. The Morgan fingerprint density at radius 1 is 1.60 bits per heavy atom. The van der Waals surface area contributed by atoms with Gasteiger partial charge in [0.15, 0.2) is 0 Å². The van der Waals surface area contributed by atoms with Gasteiger partial charge in [-0.05, 0) is 18.6 Å². The average molecular weight is 250 g/mol. The fourth-order valence-electron chi connectivity index (χ4n) is 1.90. The van der Waals surface area contributed by atoms with E-state index in [1.807, 2.05) is 18.7 Å². The van der Waals surface area contributed by atoms with Gasteiger partial charge in [-0.15, -0.1) is 11.6 Å². The third kappa shape index (κ3) is 3.87. The standard InChI is InChI=1S/C11H20ClNOS/c1-3-15-10-6-4-5-9(10)13-11(14)8(2)7-12/h8-10H,3-7H2,1-2H3,(H,13,14). The normalized spacial score (nSPS) is 27.7. The van der Waals surface area contributed by atoms with Crippen molar-refractivity contribution in [1.82, 2.24) is 5.32 Å². The SMILES string of the molecule is CCSC1CCCC1NC(=O)C(C)CCl. The molecule has 1 rings (SSSR count). The largest absolute Gasteiger partial charge is 0.352 e. The first-order chi connectivity index (χ1) is 7.19. The van der Waals surface area contributed by atoms with Crippen LogP contribution < -0.4 is 5.32 Å². The van der Waals surface area contributed by atoms with Gasteiger partial charge < -0.3 is 5.32 Å². The fraction of sp³-hybridized carbons (Fsp3) is 0.909. The van der Waals surface area contributed by atoms with E-state index in [9.17, 15) is 4.79 Å². The lowest BCUT2D eigenvalue weighted by Gasteiger charge is -2.21. The van der Waals surface area contributed by atoms with Crippen LogP contribution in [0.4, 0.5) is 0 Å². The zero-order chi connectivity index (χ0) is 11.3. The maximum Gasteiger partial charge on any atom is 0.224 e. The van der Waals surface area contributed by atoms with Crippen LogP contribution in [0.2, 0.25) is 0 Å². The maximum atomic E-state index is 11.7. The van der Waals surface area contributed by atoms with Crippen molar-refractivity contribution in [2.75, 3.05) is 11.6 Å². The molecule has 1 aliphatic rings. The summed E-state index contributed by atoms with van der Waals surface area (Å²) >= 11 is 7.62. The molecular weight excluding hydrogens is 230 g/mol. The first kappa shape index (κ1) is 13.2. The fourth-order valence-corrected chi connectivity index (χ4v) is 3.24. The molecule has 0 aromatic carbocycles. The van der Waals surface area contributed by atoms with Gasteiger partial charge in [-0.2, -0.15) is 11.8 Å². The van der Waals surface area contributed by atoms with E-state index in [1.165, 1.54) is 12.8 Å². The van der Waals surface area contributed by atoms with Gasteiger partial charge in [0.2, 0.25) is 5.91 Å². The molecule has 1 fully saturated rings. The molecule has 3 unspecified atom stereocenters. The Morgan fingerprint density at radius 3 is 2.93 bits per heavy atom. The summed E-state index contributed by atoms with van der Waals surface area (Å²) in [4.78, 5) is 11.7. The molecule has 2 nitrogen and oxygen atoms in total. The van der Waals surface area contributed by atoms with Crippen molar-refractivity contribution < 1.29 is 4.79 Å². The van der Waals surface area contributed by atoms with Crippen LogP contribution in [0.15, 0.2) is 0 Å². The molecular formula is C11H20ClNOS. The summed E-state index contributed by atoms with van der Waals surface area (Å²) in [5.74, 6) is 1.57. The highest BCUT2D eigenvalue weighted by Gasteiger charge is 2.29. The molecule has 15 heavy (non-hydrogen) atoms. The summed E-state index contributed by atoms with van der Waals surface area (Å²) in [7, 11) is 0. The van der Waals surface area contributed by atoms with Gasteiger partial charge in [0.05, 0.1) is 0 Å². The number of rotatable bonds is 5. The van der Waals surface area contributed by atoms with E-state index in [2.05, 4.69) is 12.2 Å². The minimum absolute atomic E-state index is 0.0699. The zero-order valence-electron chi connectivity index (χ0n) is 9.46. The molecule has 0 saturated heterocycles. The van der Waals surface area contributed by atoms with Crippen molar-refractivity contribution in [3.05, 3.63) is 0 Å². The summed E-state index contributed by atoms with van der Waals surface area (Å²) in [5, 5.41) is 3.73. The van der Waals surface area contributed by atoms with Crippen molar-refractivity contribution in [3.63, 3.8) is 0 Å². The quantitative estimate of drug-likeness (QED) is 0.759.